The lowest BCUT2D eigenvalue weighted by Gasteiger charge is -2.21. The lowest BCUT2D eigenvalue weighted by atomic mass is 10.0. The fraction of sp³-hybridized carbons (Fsp3) is 0.786. The van der Waals surface area contributed by atoms with Crippen LogP contribution in [-0.4, -0.2) is 25.3 Å². The van der Waals surface area contributed by atoms with Gasteiger partial charge >= 0.3 is 13.6 Å². The molecule has 0 aliphatic heterocycles. The second-order valence-corrected chi connectivity index (χ2v) is 6.98. The zero-order valence-corrected chi connectivity index (χ0v) is 13.7. The molecule has 0 saturated heterocycles. The summed E-state index contributed by atoms with van der Waals surface area (Å²) in [7, 11) is -3.20. The molecule has 0 aromatic heterocycles. The molecular formula is C14H25O5P. The van der Waals surface area contributed by atoms with Gasteiger partial charge in [-0.05, 0) is 33.1 Å². The highest BCUT2D eigenvalue weighted by Crippen LogP contribution is 2.58. The smallest absolute Gasteiger partial charge is 0.356 e. The Kier molecular flexibility index (Phi) is 6.93. The van der Waals surface area contributed by atoms with Gasteiger partial charge in [-0.2, -0.15) is 0 Å². The number of hydrogen-bond acceptors (Lipinski definition) is 5. The summed E-state index contributed by atoms with van der Waals surface area (Å²) in [6, 6.07) is 0. The molecule has 0 amide bonds. The van der Waals surface area contributed by atoms with E-state index in [1.165, 1.54) is 6.92 Å². The van der Waals surface area contributed by atoms with E-state index in [9.17, 15) is 9.36 Å². The first-order valence-electron chi connectivity index (χ1n) is 7.20. The van der Waals surface area contributed by atoms with E-state index in [4.69, 9.17) is 13.8 Å². The highest BCUT2D eigenvalue weighted by molar-refractivity contribution is 7.58. The van der Waals surface area contributed by atoms with Gasteiger partial charge in [-0.1, -0.05) is 13.0 Å². The zero-order chi connectivity index (χ0) is 15.2. The predicted molar refractivity (Wildman–Crippen MR) is 77.5 cm³/mol. The van der Waals surface area contributed by atoms with Crippen LogP contribution < -0.4 is 0 Å². The summed E-state index contributed by atoms with van der Waals surface area (Å²) in [6.07, 6.45) is 3.95. The fourth-order valence-corrected chi connectivity index (χ4v) is 4.33. The van der Waals surface area contributed by atoms with Crippen LogP contribution >= 0.6 is 7.60 Å². The van der Waals surface area contributed by atoms with Crippen LogP contribution in [0.3, 0.4) is 0 Å². The number of hydrogen-bond donors (Lipinski definition) is 0. The van der Waals surface area contributed by atoms with Gasteiger partial charge in [-0.25, -0.2) is 0 Å². The third-order valence-electron chi connectivity index (χ3n) is 3.23. The molecule has 0 N–H and O–H groups in total. The van der Waals surface area contributed by atoms with Crippen molar-refractivity contribution >= 4 is 13.6 Å². The van der Waals surface area contributed by atoms with Crippen LogP contribution in [0.1, 0.15) is 47.0 Å². The largest absolute Gasteiger partial charge is 0.462 e. The van der Waals surface area contributed by atoms with Crippen molar-refractivity contribution < 1.29 is 23.1 Å². The lowest BCUT2D eigenvalue weighted by molar-refractivity contribution is -0.148. The third kappa shape index (κ3) is 4.72. The van der Waals surface area contributed by atoms with E-state index in [1.807, 2.05) is 13.0 Å². The Labute approximate surface area is 121 Å². The molecule has 1 aliphatic carbocycles. The Balaban J connectivity index is 2.93. The topological polar surface area (TPSA) is 61.8 Å². The maximum Gasteiger partial charge on any atom is 0.356 e. The second kappa shape index (κ2) is 7.96. The highest BCUT2D eigenvalue weighted by atomic mass is 31.2. The van der Waals surface area contributed by atoms with Gasteiger partial charge in [0.25, 0.3) is 0 Å². The van der Waals surface area contributed by atoms with Crippen molar-refractivity contribution in [2.75, 3.05) is 13.2 Å². The summed E-state index contributed by atoms with van der Waals surface area (Å²) in [5, 5.41) is 0.711. The number of allylic oxidation sites excluding steroid dienone is 1. The monoisotopic (exact) mass is 304 g/mol. The minimum Gasteiger partial charge on any atom is -0.462 e. The zero-order valence-electron chi connectivity index (χ0n) is 12.8. The van der Waals surface area contributed by atoms with Crippen molar-refractivity contribution in [1.82, 2.24) is 0 Å². The highest BCUT2D eigenvalue weighted by Gasteiger charge is 2.33. The third-order valence-corrected chi connectivity index (χ3v) is 5.50. The van der Waals surface area contributed by atoms with Crippen molar-refractivity contribution in [3.63, 3.8) is 0 Å². The molecule has 0 saturated carbocycles. The van der Waals surface area contributed by atoms with Crippen LogP contribution in [0.5, 0.6) is 0 Å². The molecule has 0 heterocycles. The molecule has 6 heteroatoms. The normalized spacial score (nSPS) is 23.9. The van der Waals surface area contributed by atoms with E-state index in [-0.39, 0.29) is 18.0 Å². The molecule has 0 spiro atoms. The number of ether oxygens (including phenoxy) is 1. The van der Waals surface area contributed by atoms with E-state index < -0.39 is 7.60 Å². The summed E-state index contributed by atoms with van der Waals surface area (Å²) in [6.45, 7) is 7.66. The lowest BCUT2D eigenvalue weighted by Crippen LogP contribution is -2.22. The van der Waals surface area contributed by atoms with Gasteiger partial charge in [0.1, 0.15) is 6.10 Å². The van der Waals surface area contributed by atoms with E-state index >= 15 is 0 Å². The predicted octanol–water partition coefficient (Wildman–Crippen LogP) is 3.89. The van der Waals surface area contributed by atoms with Crippen molar-refractivity contribution in [2.24, 2.45) is 5.92 Å². The van der Waals surface area contributed by atoms with Crippen molar-refractivity contribution in [2.45, 2.75) is 53.1 Å². The summed E-state index contributed by atoms with van der Waals surface area (Å²) >= 11 is 0. The molecular weight excluding hydrogens is 279 g/mol. The van der Waals surface area contributed by atoms with Gasteiger partial charge in [-0.15, -0.1) is 0 Å². The van der Waals surface area contributed by atoms with E-state index in [1.54, 1.807) is 13.8 Å². The van der Waals surface area contributed by atoms with E-state index in [2.05, 4.69) is 0 Å². The van der Waals surface area contributed by atoms with Crippen LogP contribution in [0, 0.1) is 5.92 Å². The minimum absolute atomic E-state index is 0.00522. The average Bonchev–Trinajstić information content (AvgIpc) is 2.53. The first-order valence-corrected chi connectivity index (χ1v) is 8.74. The summed E-state index contributed by atoms with van der Waals surface area (Å²) in [4.78, 5) is 11.1. The molecule has 2 atom stereocenters. The molecule has 1 rings (SSSR count). The molecule has 0 unspecified atom stereocenters. The first kappa shape index (κ1) is 17.4. The molecule has 0 aromatic rings. The Morgan fingerprint density at radius 1 is 1.35 bits per heavy atom. The number of rotatable bonds is 6. The molecule has 116 valence electrons. The quantitative estimate of drug-likeness (QED) is 0.550. The van der Waals surface area contributed by atoms with Gasteiger partial charge in [0.15, 0.2) is 0 Å². The molecule has 20 heavy (non-hydrogen) atoms. The molecule has 0 bridgehead atoms. The van der Waals surface area contributed by atoms with E-state index in [0.29, 0.717) is 24.9 Å². The molecule has 0 radical (unpaired) electrons. The Bertz CT molecular complexity index is 394. The number of esters is 1. The molecule has 1 aliphatic rings. The van der Waals surface area contributed by atoms with Crippen LogP contribution in [-0.2, 0) is 23.1 Å². The van der Waals surface area contributed by atoms with E-state index in [0.717, 1.165) is 12.8 Å². The van der Waals surface area contributed by atoms with Crippen LogP contribution in [0.15, 0.2) is 11.4 Å². The van der Waals surface area contributed by atoms with Gasteiger partial charge in [0, 0.05) is 18.2 Å². The SMILES string of the molecule is CCOP(=O)(OCC)C1=C[C@@H](C)[C@H](OC(C)=O)CCC1. The van der Waals surface area contributed by atoms with Gasteiger partial charge < -0.3 is 13.8 Å². The maximum atomic E-state index is 12.8. The Hall–Kier alpha value is -0.640. The standard InChI is InChI=1S/C14H25O5P/c1-5-17-20(16,18-6-2)13-8-7-9-14(11(3)10-13)19-12(4)15/h10-11,14H,5-9H2,1-4H3/t11-,14-/m1/s1. The van der Waals surface area contributed by atoms with Gasteiger partial charge in [-0.3, -0.25) is 9.36 Å². The second-order valence-electron chi connectivity index (χ2n) is 4.89. The first-order chi connectivity index (χ1) is 9.42. The Morgan fingerprint density at radius 2 is 1.95 bits per heavy atom. The average molecular weight is 304 g/mol. The number of carbonyl (C=O) groups is 1. The minimum atomic E-state index is -3.20. The van der Waals surface area contributed by atoms with Crippen LogP contribution in [0.25, 0.3) is 0 Å². The van der Waals surface area contributed by atoms with Gasteiger partial charge in [0.2, 0.25) is 0 Å². The Morgan fingerprint density at radius 3 is 2.45 bits per heavy atom. The summed E-state index contributed by atoms with van der Waals surface area (Å²) < 4.78 is 28.9. The fourth-order valence-electron chi connectivity index (χ4n) is 2.39. The van der Waals surface area contributed by atoms with Crippen molar-refractivity contribution in [1.29, 1.82) is 0 Å². The van der Waals surface area contributed by atoms with Crippen molar-refractivity contribution in [3.8, 4) is 0 Å². The van der Waals surface area contributed by atoms with Crippen molar-refractivity contribution in [3.05, 3.63) is 11.4 Å². The summed E-state index contributed by atoms with van der Waals surface area (Å²) in [5.41, 5.74) is 0. The molecule has 0 fully saturated rings. The van der Waals surface area contributed by atoms with Crippen LogP contribution in [0.4, 0.5) is 0 Å². The number of carbonyl (C=O) groups excluding carboxylic acids is 1. The molecule has 0 aromatic carbocycles. The van der Waals surface area contributed by atoms with Gasteiger partial charge in [0.05, 0.1) is 13.2 Å². The summed E-state index contributed by atoms with van der Waals surface area (Å²) in [5.74, 6) is -0.276. The van der Waals surface area contributed by atoms with Crippen LogP contribution in [0.2, 0.25) is 0 Å². The molecule has 5 nitrogen and oxygen atoms in total. The maximum absolute atomic E-state index is 12.8.